The first-order valence-corrected chi connectivity index (χ1v) is 9.10. The summed E-state index contributed by atoms with van der Waals surface area (Å²) in [7, 11) is 1.27. The number of carbonyl (C=O) groups excluding carboxylic acids is 3. The summed E-state index contributed by atoms with van der Waals surface area (Å²) in [5.74, 6) is -1.40. The number of carbonyl (C=O) groups is 3. The molecule has 1 amide bonds. The van der Waals surface area contributed by atoms with Crippen LogP contribution in [0.5, 0.6) is 5.75 Å². The molecule has 0 aliphatic heterocycles. The lowest BCUT2D eigenvalue weighted by atomic mass is 9.98. The van der Waals surface area contributed by atoms with Crippen LogP contribution in [0.2, 0.25) is 0 Å². The van der Waals surface area contributed by atoms with Crippen molar-refractivity contribution in [1.82, 2.24) is 4.40 Å². The van der Waals surface area contributed by atoms with E-state index in [2.05, 4.69) is 4.74 Å². The number of esters is 1. The van der Waals surface area contributed by atoms with Gasteiger partial charge in [0, 0.05) is 11.9 Å². The van der Waals surface area contributed by atoms with Crippen LogP contribution in [0.3, 0.4) is 0 Å². The highest BCUT2D eigenvalue weighted by Crippen LogP contribution is 2.35. The van der Waals surface area contributed by atoms with Gasteiger partial charge in [0.15, 0.2) is 6.61 Å². The van der Waals surface area contributed by atoms with Gasteiger partial charge in [-0.05, 0) is 37.0 Å². The van der Waals surface area contributed by atoms with Crippen molar-refractivity contribution in [1.29, 1.82) is 0 Å². The second kappa shape index (κ2) is 7.82. The Morgan fingerprint density at radius 3 is 2.59 bits per heavy atom. The maximum atomic E-state index is 12.5. The van der Waals surface area contributed by atoms with Crippen molar-refractivity contribution < 1.29 is 23.9 Å². The SMILES string of the molecule is COC(=O)COc1cccn2c(CC3CCCC3)c(C)c(C(=O)C(N)=O)c12. The van der Waals surface area contributed by atoms with Crippen LogP contribution < -0.4 is 10.5 Å². The maximum Gasteiger partial charge on any atom is 0.343 e. The number of pyridine rings is 1. The number of hydrogen-bond acceptors (Lipinski definition) is 5. The molecule has 2 heterocycles. The second-order valence-corrected chi connectivity index (χ2v) is 6.95. The predicted octanol–water partition coefficient (Wildman–Crippen LogP) is 2.20. The average Bonchev–Trinajstić information content (AvgIpc) is 3.26. The summed E-state index contributed by atoms with van der Waals surface area (Å²) in [6.45, 7) is 1.54. The molecule has 27 heavy (non-hydrogen) atoms. The number of amides is 1. The summed E-state index contributed by atoms with van der Waals surface area (Å²) in [5, 5.41) is 0. The van der Waals surface area contributed by atoms with Crippen molar-refractivity contribution in [3.8, 4) is 5.75 Å². The zero-order valence-corrected chi connectivity index (χ0v) is 15.6. The Kier molecular flexibility index (Phi) is 5.48. The molecule has 1 aliphatic rings. The number of hydrogen-bond donors (Lipinski definition) is 1. The van der Waals surface area contributed by atoms with Crippen molar-refractivity contribution >= 4 is 23.2 Å². The van der Waals surface area contributed by atoms with Crippen LogP contribution in [-0.4, -0.2) is 35.8 Å². The van der Waals surface area contributed by atoms with Gasteiger partial charge in [0.2, 0.25) is 0 Å². The van der Waals surface area contributed by atoms with Crippen LogP contribution in [-0.2, 0) is 20.7 Å². The molecule has 0 unspecified atom stereocenters. The number of nitrogens with zero attached hydrogens (tertiary/aromatic N) is 1. The second-order valence-electron chi connectivity index (χ2n) is 6.95. The molecule has 0 bridgehead atoms. The highest BCUT2D eigenvalue weighted by molar-refractivity contribution is 6.44. The fraction of sp³-hybridized carbons (Fsp3) is 0.450. The summed E-state index contributed by atoms with van der Waals surface area (Å²) in [4.78, 5) is 35.6. The molecular formula is C20H24N2O5. The molecule has 1 fully saturated rings. The highest BCUT2D eigenvalue weighted by Gasteiger charge is 2.28. The molecular weight excluding hydrogens is 348 g/mol. The van der Waals surface area contributed by atoms with Gasteiger partial charge in [-0.2, -0.15) is 0 Å². The number of rotatable bonds is 7. The molecule has 2 aromatic heterocycles. The minimum atomic E-state index is -1.01. The fourth-order valence-corrected chi connectivity index (χ4v) is 3.91. The molecule has 0 atom stereocenters. The van der Waals surface area contributed by atoms with Crippen molar-refractivity contribution in [2.24, 2.45) is 11.7 Å². The summed E-state index contributed by atoms with van der Waals surface area (Å²) in [6.07, 6.45) is 7.41. The fourth-order valence-electron chi connectivity index (χ4n) is 3.91. The van der Waals surface area contributed by atoms with Gasteiger partial charge in [-0.1, -0.05) is 25.7 Å². The van der Waals surface area contributed by atoms with E-state index in [1.54, 1.807) is 12.1 Å². The van der Waals surface area contributed by atoms with Gasteiger partial charge >= 0.3 is 5.97 Å². The third-order valence-corrected chi connectivity index (χ3v) is 5.27. The van der Waals surface area contributed by atoms with E-state index < -0.39 is 17.7 Å². The average molecular weight is 372 g/mol. The molecule has 0 aromatic carbocycles. The van der Waals surface area contributed by atoms with Gasteiger partial charge in [0.1, 0.15) is 5.75 Å². The van der Waals surface area contributed by atoms with Gasteiger partial charge in [0.25, 0.3) is 11.7 Å². The molecule has 0 saturated heterocycles. The Morgan fingerprint density at radius 1 is 1.26 bits per heavy atom. The molecule has 1 aliphatic carbocycles. The van der Waals surface area contributed by atoms with Gasteiger partial charge in [-0.15, -0.1) is 0 Å². The van der Waals surface area contributed by atoms with Gasteiger partial charge in [0.05, 0.1) is 18.2 Å². The molecule has 1 saturated carbocycles. The Morgan fingerprint density at radius 2 is 1.96 bits per heavy atom. The van der Waals surface area contributed by atoms with Crippen LogP contribution in [0.1, 0.15) is 47.3 Å². The minimum Gasteiger partial charge on any atom is -0.480 e. The first-order valence-electron chi connectivity index (χ1n) is 9.10. The maximum absolute atomic E-state index is 12.5. The summed E-state index contributed by atoms with van der Waals surface area (Å²) in [5.41, 5.74) is 7.71. The molecule has 144 valence electrons. The number of Topliss-reactive ketones (excluding diaryl/α,β-unsaturated/α-hetero) is 1. The number of ether oxygens (including phenoxy) is 2. The van der Waals surface area contributed by atoms with Gasteiger partial charge < -0.3 is 19.6 Å². The number of ketones is 1. The number of primary amides is 1. The van der Waals surface area contributed by atoms with E-state index in [4.69, 9.17) is 10.5 Å². The van der Waals surface area contributed by atoms with Gasteiger partial charge in [-0.3, -0.25) is 9.59 Å². The standard InChI is InChI=1S/C20H24N2O5/c1-12-14(10-13-6-3-4-7-13)22-9-5-8-15(27-11-16(23)26-2)18(22)17(12)19(24)20(21)25/h5,8-9,13H,3-4,6-7,10-11H2,1-2H3,(H2,21,25). The minimum absolute atomic E-state index is 0.246. The monoisotopic (exact) mass is 372 g/mol. The van der Waals surface area contributed by atoms with E-state index in [1.807, 2.05) is 17.5 Å². The third kappa shape index (κ3) is 3.67. The zero-order valence-electron chi connectivity index (χ0n) is 15.6. The number of methoxy groups -OCH3 is 1. The van der Waals surface area contributed by atoms with E-state index in [0.29, 0.717) is 17.2 Å². The normalized spacial score (nSPS) is 14.4. The molecule has 2 aromatic rings. The van der Waals surface area contributed by atoms with E-state index in [9.17, 15) is 14.4 Å². The van der Waals surface area contributed by atoms with Crippen molar-refractivity contribution in [3.05, 3.63) is 35.2 Å². The Hall–Kier alpha value is -2.83. The third-order valence-electron chi connectivity index (χ3n) is 5.27. The first-order chi connectivity index (χ1) is 12.9. The predicted molar refractivity (Wildman–Crippen MR) is 98.8 cm³/mol. The molecule has 7 nitrogen and oxygen atoms in total. The van der Waals surface area contributed by atoms with Crippen LogP contribution in [0.4, 0.5) is 0 Å². The Balaban J connectivity index is 2.12. The van der Waals surface area contributed by atoms with Crippen LogP contribution >= 0.6 is 0 Å². The molecule has 0 radical (unpaired) electrons. The van der Waals surface area contributed by atoms with E-state index in [1.165, 1.54) is 20.0 Å². The topological polar surface area (TPSA) is 100 Å². The lowest BCUT2D eigenvalue weighted by molar-refractivity contribution is -0.142. The van der Waals surface area contributed by atoms with E-state index >= 15 is 0 Å². The van der Waals surface area contributed by atoms with Crippen LogP contribution in [0.15, 0.2) is 18.3 Å². The molecule has 2 N–H and O–H groups in total. The zero-order chi connectivity index (χ0) is 19.6. The molecule has 7 heteroatoms. The van der Waals surface area contributed by atoms with Crippen molar-refractivity contribution in [3.63, 3.8) is 0 Å². The molecule has 0 spiro atoms. The summed E-state index contributed by atoms with van der Waals surface area (Å²) in [6, 6.07) is 3.45. The van der Waals surface area contributed by atoms with Crippen molar-refractivity contribution in [2.45, 2.75) is 39.0 Å². The first kappa shape index (κ1) is 18.9. The number of aromatic nitrogens is 1. The van der Waals surface area contributed by atoms with E-state index in [0.717, 1.165) is 30.5 Å². The molecule has 3 rings (SSSR count). The smallest absolute Gasteiger partial charge is 0.343 e. The Bertz CT molecular complexity index is 893. The number of fused-ring (bicyclic) bond motifs is 1. The summed E-state index contributed by atoms with van der Waals surface area (Å²) < 4.78 is 12.1. The Labute approximate surface area is 157 Å². The highest BCUT2D eigenvalue weighted by atomic mass is 16.6. The van der Waals surface area contributed by atoms with Crippen LogP contribution in [0, 0.1) is 12.8 Å². The van der Waals surface area contributed by atoms with Crippen LogP contribution in [0.25, 0.3) is 5.52 Å². The lowest BCUT2D eigenvalue weighted by Crippen LogP contribution is -2.23. The quantitative estimate of drug-likeness (QED) is 0.456. The summed E-state index contributed by atoms with van der Waals surface area (Å²) >= 11 is 0. The van der Waals surface area contributed by atoms with E-state index in [-0.39, 0.29) is 12.2 Å². The van der Waals surface area contributed by atoms with Gasteiger partial charge in [-0.25, -0.2) is 4.79 Å². The largest absolute Gasteiger partial charge is 0.480 e. The lowest BCUT2D eigenvalue weighted by Gasteiger charge is -2.12. The number of nitrogens with two attached hydrogens (primary N) is 1. The van der Waals surface area contributed by atoms with Crippen molar-refractivity contribution in [2.75, 3.05) is 13.7 Å².